The van der Waals surface area contributed by atoms with Gasteiger partial charge in [0.15, 0.2) is 0 Å². The van der Waals surface area contributed by atoms with E-state index < -0.39 is 6.04 Å². The molecule has 5 nitrogen and oxygen atoms in total. The number of nitrogens with two attached hydrogens (primary N) is 1. The van der Waals surface area contributed by atoms with Crippen molar-refractivity contribution < 1.29 is 14.3 Å². The van der Waals surface area contributed by atoms with E-state index in [0.717, 1.165) is 0 Å². The monoisotopic (exact) mass is 324 g/mol. The lowest BCUT2D eigenvalue weighted by Gasteiger charge is -2.25. The van der Waals surface area contributed by atoms with Gasteiger partial charge >= 0.3 is 0 Å². The van der Waals surface area contributed by atoms with E-state index in [1.54, 1.807) is 7.11 Å². The minimum absolute atomic E-state index is 0.0304. The van der Waals surface area contributed by atoms with E-state index in [9.17, 15) is 9.59 Å². The third-order valence-corrected chi connectivity index (χ3v) is 2.73. The second kappa shape index (κ2) is 13.9. The van der Waals surface area contributed by atoms with Crippen molar-refractivity contribution in [2.24, 2.45) is 11.1 Å². The van der Waals surface area contributed by atoms with E-state index in [4.69, 9.17) is 10.5 Å². The predicted octanol–water partition coefficient (Wildman–Crippen LogP) is 2.53. The number of benzene rings is 1. The Morgan fingerprint density at radius 3 is 2.17 bits per heavy atom. The molecule has 0 heterocycles. The molecule has 0 aliphatic carbocycles. The highest BCUT2D eigenvalue weighted by Gasteiger charge is 2.26. The molecule has 0 bridgehead atoms. The Labute approximate surface area is 140 Å². The summed E-state index contributed by atoms with van der Waals surface area (Å²) in [7, 11) is 1.70. The molecule has 132 valence electrons. The van der Waals surface area contributed by atoms with E-state index in [1.807, 2.05) is 65.0 Å². The lowest BCUT2D eigenvalue weighted by molar-refractivity contribution is -0.125. The molecular weight excluding hydrogens is 292 g/mol. The third kappa shape index (κ3) is 12.5. The number of ether oxygens (including phenoxy) is 1. The Hall–Kier alpha value is -1.72. The maximum Gasteiger partial charge on any atom is 0.237 e. The second-order valence-corrected chi connectivity index (χ2v) is 5.67. The van der Waals surface area contributed by atoms with Crippen LogP contribution >= 0.6 is 0 Å². The average Bonchev–Trinajstić information content (AvgIpc) is 2.55. The molecule has 0 radical (unpaired) electrons. The molecule has 0 saturated heterocycles. The molecule has 0 fully saturated rings. The minimum atomic E-state index is -0.572. The maximum absolute atomic E-state index is 11.2. The zero-order chi connectivity index (χ0) is 18.3. The van der Waals surface area contributed by atoms with Crippen molar-refractivity contribution in [3.63, 3.8) is 0 Å². The van der Waals surface area contributed by atoms with Crippen LogP contribution in [0.15, 0.2) is 30.3 Å². The number of nitrogens with one attached hydrogen (secondary N) is 1. The largest absolute Gasteiger partial charge is 0.380 e. The Kier molecular flexibility index (Phi) is 14.2. The van der Waals surface area contributed by atoms with Crippen LogP contribution in [0, 0.1) is 5.41 Å². The van der Waals surface area contributed by atoms with Crippen molar-refractivity contribution in [3.8, 4) is 0 Å². The fraction of sp³-hybridized carbons (Fsp3) is 0.556. The van der Waals surface area contributed by atoms with Gasteiger partial charge in [0, 0.05) is 7.11 Å². The molecule has 0 aliphatic heterocycles. The van der Waals surface area contributed by atoms with Crippen LogP contribution in [-0.2, 0) is 20.9 Å². The molecule has 0 saturated carbocycles. The smallest absolute Gasteiger partial charge is 0.237 e. The molecule has 1 aromatic carbocycles. The normalized spacial score (nSPS) is 11.1. The lowest BCUT2D eigenvalue weighted by Crippen LogP contribution is -2.48. The molecule has 5 heteroatoms. The number of aldehydes is 1. The number of rotatable bonds is 5. The van der Waals surface area contributed by atoms with Crippen LogP contribution in [0.3, 0.4) is 0 Å². The van der Waals surface area contributed by atoms with Gasteiger partial charge in [-0.05, 0) is 11.0 Å². The van der Waals surface area contributed by atoms with Gasteiger partial charge in [-0.3, -0.25) is 4.79 Å². The Morgan fingerprint density at radius 1 is 1.26 bits per heavy atom. The minimum Gasteiger partial charge on any atom is -0.380 e. The second-order valence-electron chi connectivity index (χ2n) is 5.67. The van der Waals surface area contributed by atoms with E-state index in [1.165, 1.54) is 5.56 Å². The first-order chi connectivity index (χ1) is 10.8. The van der Waals surface area contributed by atoms with Gasteiger partial charge < -0.3 is 20.6 Å². The Morgan fingerprint density at radius 2 is 1.78 bits per heavy atom. The number of carbonyl (C=O) groups excluding carboxylic acids is 2. The number of carbonyl (C=O) groups is 2. The van der Waals surface area contributed by atoms with Gasteiger partial charge in [-0.15, -0.1) is 0 Å². The summed E-state index contributed by atoms with van der Waals surface area (Å²) in [5.74, 6) is -0.283. The highest BCUT2D eigenvalue weighted by Crippen LogP contribution is 2.16. The molecule has 23 heavy (non-hydrogen) atoms. The van der Waals surface area contributed by atoms with Gasteiger partial charge in [0.2, 0.25) is 5.91 Å². The van der Waals surface area contributed by atoms with Gasteiger partial charge in [-0.1, -0.05) is 65.0 Å². The first kappa shape index (κ1) is 23.5. The average molecular weight is 324 g/mol. The van der Waals surface area contributed by atoms with Crippen LogP contribution in [0.4, 0.5) is 0 Å². The van der Waals surface area contributed by atoms with Gasteiger partial charge in [-0.25, -0.2) is 0 Å². The molecule has 1 unspecified atom stereocenters. The Bertz CT molecular complexity index is 414. The van der Waals surface area contributed by atoms with Crippen molar-refractivity contribution in [3.05, 3.63) is 35.9 Å². The van der Waals surface area contributed by atoms with Crippen LogP contribution in [0.2, 0.25) is 0 Å². The molecule has 1 aromatic rings. The van der Waals surface area contributed by atoms with E-state index in [2.05, 4.69) is 5.32 Å². The predicted molar refractivity (Wildman–Crippen MR) is 95.0 cm³/mol. The molecule has 1 amide bonds. The zero-order valence-electron chi connectivity index (χ0n) is 15.3. The van der Waals surface area contributed by atoms with Crippen LogP contribution in [-0.4, -0.2) is 31.9 Å². The summed E-state index contributed by atoms with van der Waals surface area (Å²) < 4.78 is 4.93. The number of amides is 1. The first-order valence-electron chi connectivity index (χ1n) is 7.82. The van der Waals surface area contributed by atoms with Crippen LogP contribution < -0.4 is 11.1 Å². The summed E-state index contributed by atoms with van der Waals surface area (Å²) in [4.78, 5) is 21.1. The van der Waals surface area contributed by atoms with Gasteiger partial charge in [-0.2, -0.15) is 0 Å². The highest BCUT2D eigenvalue weighted by atomic mass is 16.5. The molecule has 1 rings (SSSR count). The van der Waals surface area contributed by atoms with E-state index in [0.29, 0.717) is 12.9 Å². The molecular formula is C18H32N2O3. The maximum atomic E-state index is 11.2. The summed E-state index contributed by atoms with van der Waals surface area (Å²) in [5, 5.41) is 2.41. The summed E-state index contributed by atoms with van der Waals surface area (Å²) in [6, 6.07) is 9.53. The van der Waals surface area contributed by atoms with Crippen LogP contribution in [0.5, 0.6) is 0 Å². The number of hydrogen-bond donors (Lipinski definition) is 2. The van der Waals surface area contributed by atoms with E-state index >= 15 is 0 Å². The summed E-state index contributed by atoms with van der Waals surface area (Å²) >= 11 is 0. The van der Waals surface area contributed by atoms with Crippen LogP contribution in [0.1, 0.15) is 40.2 Å². The summed E-state index contributed by atoms with van der Waals surface area (Å²) in [5.41, 5.74) is 6.56. The molecule has 0 aromatic heterocycles. The lowest BCUT2D eigenvalue weighted by atomic mass is 9.87. The Balaban J connectivity index is 0. The topological polar surface area (TPSA) is 81.4 Å². The van der Waals surface area contributed by atoms with Crippen molar-refractivity contribution in [2.75, 3.05) is 13.7 Å². The number of hydrogen-bond acceptors (Lipinski definition) is 4. The first-order valence-corrected chi connectivity index (χ1v) is 7.82. The van der Waals surface area contributed by atoms with Crippen molar-refractivity contribution in [1.82, 2.24) is 5.32 Å². The van der Waals surface area contributed by atoms with Gasteiger partial charge in [0.25, 0.3) is 0 Å². The fourth-order valence-corrected chi connectivity index (χ4v) is 1.39. The van der Waals surface area contributed by atoms with Gasteiger partial charge in [0.1, 0.15) is 6.29 Å². The summed E-state index contributed by atoms with van der Waals surface area (Å²) in [6.45, 7) is 10.4. The molecule has 1 atom stereocenters. The third-order valence-electron chi connectivity index (χ3n) is 2.73. The van der Waals surface area contributed by atoms with Crippen LogP contribution in [0.25, 0.3) is 0 Å². The SMILES string of the molecule is CC.CC(C)(C)C(N)C(=O)NCC=O.COCc1ccccc1. The zero-order valence-corrected chi connectivity index (χ0v) is 15.3. The fourth-order valence-electron chi connectivity index (χ4n) is 1.39. The van der Waals surface area contributed by atoms with Crippen molar-refractivity contribution in [2.45, 2.75) is 47.3 Å². The van der Waals surface area contributed by atoms with E-state index in [-0.39, 0.29) is 17.9 Å². The standard InChI is InChI=1S/C8H16N2O2.C8H10O.C2H6/c1-8(2,3)6(9)7(12)10-4-5-11;1-9-7-8-5-3-2-4-6-8;1-2/h5-6H,4,9H2,1-3H3,(H,10,12);2-6H,7H2,1H3;1-2H3. The van der Waals surface area contributed by atoms with Crippen molar-refractivity contribution >= 4 is 12.2 Å². The van der Waals surface area contributed by atoms with Gasteiger partial charge in [0.05, 0.1) is 19.2 Å². The quantitative estimate of drug-likeness (QED) is 0.816. The highest BCUT2D eigenvalue weighted by molar-refractivity contribution is 5.83. The summed E-state index contributed by atoms with van der Waals surface area (Å²) in [6.07, 6.45) is 0.632. The van der Waals surface area contributed by atoms with Crippen molar-refractivity contribution in [1.29, 1.82) is 0 Å². The molecule has 3 N–H and O–H groups in total. The molecule has 0 aliphatic rings. The number of methoxy groups -OCH3 is 1. The molecule has 0 spiro atoms.